The Kier molecular flexibility index (Phi) is 7.82. The summed E-state index contributed by atoms with van der Waals surface area (Å²) < 4.78 is 5.34. The summed E-state index contributed by atoms with van der Waals surface area (Å²) in [5.74, 6) is 0. The Labute approximate surface area is 378 Å². The van der Waals surface area contributed by atoms with Gasteiger partial charge in [0.1, 0.15) is 0 Å². The largest absolute Gasteiger partial charge is 0.308 e. The summed E-state index contributed by atoms with van der Waals surface area (Å²) in [6.45, 7) is 28.2. The van der Waals surface area contributed by atoms with Gasteiger partial charge in [0.2, 0.25) is 17.4 Å². The van der Waals surface area contributed by atoms with Gasteiger partial charge in [-0.1, -0.05) is 162 Å². The van der Waals surface area contributed by atoms with Crippen LogP contribution in [0, 0.1) is 0 Å². The lowest BCUT2D eigenvalue weighted by Crippen LogP contribution is -2.37. The Bertz CT molecular complexity index is 3630. The first-order valence-electron chi connectivity index (χ1n) is 23.5. The average Bonchev–Trinajstić information content (AvgIpc) is 3.97. The molecule has 0 amide bonds. The number of hydrogen-bond donors (Lipinski definition) is 0. The molecule has 2 aliphatic heterocycles. The third kappa shape index (κ3) is 5.47. The van der Waals surface area contributed by atoms with Crippen LogP contribution in [0.3, 0.4) is 0 Å². The molecule has 5 heterocycles. The Hall–Kier alpha value is -6.25. The van der Waals surface area contributed by atoms with E-state index in [1.807, 2.05) is 0 Å². The molecule has 2 heteroatoms. The summed E-state index contributed by atoms with van der Waals surface area (Å²) in [6, 6.07) is 52.5. The number of hydrogen-bond acceptors (Lipinski definition) is 0. The molecule has 0 spiro atoms. The summed E-state index contributed by atoms with van der Waals surface area (Å²) in [5, 5.41) is 7.94. The van der Waals surface area contributed by atoms with E-state index in [0.717, 1.165) is 0 Å². The van der Waals surface area contributed by atoms with Gasteiger partial charge in [-0.05, 0) is 114 Å². The van der Waals surface area contributed by atoms with E-state index in [1.165, 1.54) is 127 Å². The van der Waals surface area contributed by atoms with Gasteiger partial charge in [0.25, 0.3) is 0 Å². The topological polar surface area (TPSA) is 8.29 Å². The SMILES string of the molecule is CC(C)(C)c1ccc2c(c1)-c1cc(C(C)(C)C)cc3[n+]1C2c1c-3cc2c(c1-c1cccc(-c3cccc4ccccc34)c1)c1cc(C(C)(C)C)cc3c4cc(C(C)(C)C)ccc4n2c31. The van der Waals surface area contributed by atoms with Crippen LogP contribution in [0.4, 0.5) is 0 Å². The van der Waals surface area contributed by atoms with Crippen molar-refractivity contribution in [1.82, 2.24) is 4.40 Å². The van der Waals surface area contributed by atoms with Crippen LogP contribution in [-0.2, 0) is 21.7 Å². The molecule has 0 bridgehead atoms. The molecular weight excluding hydrogens is 773 g/mol. The molecule has 0 fully saturated rings. The molecule has 0 saturated heterocycles. The monoisotopic (exact) mass is 831 g/mol. The fourth-order valence-electron chi connectivity index (χ4n) is 11.4. The minimum atomic E-state index is -0.0474. The van der Waals surface area contributed by atoms with Crippen LogP contribution >= 0.6 is 0 Å². The first-order chi connectivity index (χ1) is 30.3. The van der Waals surface area contributed by atoms with E-state index in [0.29, 0.717) is 0 Å². The van der Waals surface area contributed by atoms with Crippen molar-refractivity contribution in [1.29, 1.82) is 0 Å². The number of pyridine rings is 1. The van der Waals surface area contributed by atoms with Gasteiger partial charge in [0.15, 0.2) is 0 Å². The van der Waals surface area contributed by atoms with Crippen LogP contribution < -0.4 is 4.57 Å². The zero-order chi connectivity index (χ0) is 44.6. The lowest BCUT2D eigenvalue weighted by Gasteiger charge is -2.21. The Morgan fingerprint density at radius 2 is 1.02 bits per heavy atom. The van der Waals surface area contributed by atoms with Crippen LogP contribution in [0.5, 0.6) is 0 Å². The molecule has 0 saturated carbocycles. The van der Waals surface area contributed by atoms with Crippen LogP contribution in [0.1, 0.15) is 123 Å². The van der Waals surface area contributed by atoms with Crippen LogP contribution in [0.15, 0.2) is 133 Å². The van der Waals surface area contributed by atoms with Gasteiger partial charge < -0.3 is 4.40 Å². The molecule has 316 valence electrons. The molecule has 0 N–H and O–H groups in total. The van der Waals surface area contributed by atoms with E-state index in [2.05, 4.69) is 226 Å². The maximum absolute atomic E-state index is 2.70. The van der Waals surface area contributed by atoms with Gasteiger partial charge in [-0.2, -0.15) is 4.57 Å². The first kappa shape index (κ1) is 39.3. The third-order valence-corrected chi connectivity index (χ3v) is 15.0. The van der Waals surface area contributed by atoms with Crippen LogP contribution in [0.2, 0.25) is 0 Å². The third-order valence-electron chi connectivity index (χ3n) is 15.0. The Balaban J connectivity index is 1.28. The summed E-state index contributed by atoms with van der Waals surface area (Å²) in [6.07, 6.45) is 0. The molecule has 2 nitrogen and oxygen atoms in total. The maximum Gasteiger partial charge on any atom is 0.214 e. The van der Waals surface area contributed by atoms with E-state index in [-0.39, 0.29) is 27.7 Å². The molecule has 0 radical (unpaired) electrons. The van der Waals surface area contributed by atoms with E-state index >= 15 is 0 Å². The van der Waals surface area contributed by atoms with E-state index in [9.17, 15) is 0 Å². The highest BCUT2D eigenvalue weighted by Gasteiger charge is 2.50. The fourth-order valence-corrected chi connectivity index (χ4v) is 11.4. The zero-order valence-electron chi connectivity index (χ0n) is 39.7. The van der Waals surface area contributed by atoms with Gasteiger partial charge in [0, 0.05) is 50.4 Å². The van der Waals surface area contributed by atoms with Gasteiger partial charge in [-0.15, -0.1) is 0 Å². The molecule has 2 aliphatic rings. The van der Waals surface area contributed by atoms with Crippen molar-refractivity contribution in [3.63, 3.8) is 0 Å². The molecule has 0 aliphatic carbocycles. The Morgan fingerprint density at radius 1 is 0.422 bits per heavy atom. The minimum Gasteiger partial charge on any atom is -0.308 e. The smallest absolute Gasteiger partial charge is 0.214 e. The highest BCUT2D eigenvalue weighted by molar-refractivity contribution is 6.27. The number of benzene rings is 7. The zero-order valence-corrected chi connectivity index (χ0v) is 39.7. The quantitative estimate of drug-likeness (QED) is 0.153. The van der Waals surface area contributed by atoms with E-state index in [4.69, 9.17) is 0 Å². The van der Waals surface area contributed by atoms with Crippen molar-refractivity contribution in [3.05, 3.63) is 167 Å². The Morgan fingerprint density at radius 3 is 1.75 bits per heavy atom. The van der Waals surface area contributed by atoms with E-state index < -0.39 is 0 Å². The highest BCUT2D eigenvalue weighted by Crippen LogP contribution is 2.56. The molecule has 12 rings (SSSR count). The normalized spacial score (nSPS) is 15.0. The molecule has 3 aromatic heterocycles. The maximum atomic E-state index is 2.70. The van der Waals surface area contributed by atoms with Crippen LogP contribution in [-0.4, -0.2) is 4.40 Å². The molecule has 64 heavy (non-hydrogen) atoms. The van der Waals surface area contributed by atoms with Crippen molar-refractivity contribution in [2.75, 3.05) is 0 Å². The summed E-state index contributed by atoms with van der Waals surface area (Å²) in [5.41, 5.74) is 22.7. The molecule has 1 atom stereocenters. The predicted octanol–water partition coefficient (Wildman–Crippen LogP) is 16.4. The first-order valence-corrected chi connectivity index (χ1v) is 23.5. The minimum absolute atomic E-state index is 0.0335. The average molecular weight is 832 g/mol. The highest BCUT2D eigenvalue weighted by atomic mass is 15.1. The van der Waals surface area contributed by atoms with Crippen molar-refractivity contribution < 1.29 is 4.57 Å². The fraction of sp³-hybridized carbons (Fsp3) is 0.274. The van der Waals surface area contributed by atoms with Gasteiger partial charge in [0.05, 0.1) is 27.7 Å². The summed E-state index contributed by atoms with van der Waals surface area (Å²) >= 11 is 0. The van der Waals surface area contributed by atoms with Crippen LogP contribution in [0.25, 0.3) is 93.6 Å². The number of nitrogens with zero attached hydrogens (tertiary/aromatic N) is 2. The predicted molar refractivity (Wildman–Crippen MR) is 273 cm³/mol. The lowest BCUT2D eigenvalue weighted by atomic mass is 9.80. The van der Waals surface area contributed by atoms with Gasteiger partial charge in [-0.3, -0.25) is 0 Å². The van der Waals surface area contributed by atoms with Crippen molar-refractivity contribution in [3.8, 4) is 44.8 Å². The standard InChI is InChI=1S/C62H59N2/c1-59(2,3)38-23-25-44-45(28-38)51-32-41(62(10,11)12)33-52-48-34-53-55(49-31-40(61(7,8)9)30-47-46-29-39(60(4,5)6)24-26-50(46)63(53)57(47)49)54(56(48)58(44)64(51)52)37-20-15-19-36(27-37)43-22-16-18-35-17-13-14-21-42(35)43/h13-34,58H,1-12H3/q+1. The van der Waals surface area contributed by atoms with Gasteiger partial charge >= 0.3 is 0 Å². The molecule has 10 aromatic rings. The molecule has 1 unspecified atom stereocenters. The van der Waals surface area contributed by atoms with Gasteiger partial charge in [-0.25, -0.2) is 0 Å². The van der Waals surface area contributed by atoms with E-state index in [1.54, 1.807) is 0 Å². The second kappa shape index (κ2) is 12.7. The number of fused-ring (bicyclic) bond motifs is 13. The summed E-state index contributed by atoms with van der Waals surface area (Å²) in [4.78, 5) is 0. The number of rotatable bonds is 2. The lowest BCUT2D eigenvalue weighted by molar-refractivity contribution is -0.672. The second-order valence-electron chi connectivity index (χ2n) is 23.3. The molecular formula is C62H59N2+. The second-order valence-corrected chi connectivity index (χ2v) is 23.3. The van der Waals surface area contributed by atoms with Crippen molar-refractivity contribution >= 4 is 48.9 Å². The molecule has 7 aromatic carbocycles. The number of aromatic nitrogens is 2. The van der Waals surface area contributed by atoms with Crippen molar-refractivity contribution in [2.45, 2.75) is 111 Å². The summed E-state index contributed by atoms with van der Waals surface area (Å²) in [7, 11) is 0. The van der Waals surface area contributed by atoms with Crippen molar-refractivity contribution in [2.24, 2.45) is 0 Å².